The predicted molar refractivity (Wildman–Crippen MR) is 90.1 cm³/mol. The molecule has 0 heterocycles. The van der Waals surface area contributed by atoms with E-state index in [2.05, 4.69) is 26.1 Å². The van der Waals surface area contributed by atoms with Crippen molar-refractivity contribution in [1.29, 1.82) is 0 Å². The Morgan fingerprint density at radius 3 is 2.30 bits per heavy atom. The number of hydrogen-bond acceptors (Lipinski definition) is 2. The zero-order valence-electron chi connectivity index (χ0n) is 10.6. The molecule has 0 radical (unpaired) electrons. The summed E-state index contributed by atoms with van der Waals surface area (Å²) in [6.07, 6.45) is 0. The highest BCUT2D eigenvalue weighted by Crippen LogP contribution is 2.18. The summed E-state index contributed by atoms with van der Waals surface area (Å²) in [6, 6.07) is 15.2. The first-order valence-corrected chi connectivity index (χ1v) is 7.41. The highest BCUT2D eigenvalue weighted by molar-refractivity contribution is 9.10. The van der Waals surface area contributed by atoms with Gasteiger partial charge in [0, 0.05) is 15.6 Å². The van der Waals surface area contributed by atoms with Crippen LogP contribution in [0.2, 0.25) is 0 Å². The van der Waals surface area contributed by atoms with E-state index in [1.807, 2.05) is 55.5 Å². The molecule has 0 aliphatic heterocycles. The van der Waals surface area contributed by atoms with Gasteiger partial charge in [-0.1, -0.05) is 75.5 Å². The van der Waals surface area contributed by atoms with Gasteiger partial charge in [0.2, 0.25) is 0 Å². The molecule has 0 spiro atoms. The van der Waals surface area contributed by atoms with Gasteiger partial charge in [-0.3, -0.25) is 0 Å². The van der Waals surface area contributed by atoms with Gasteiger partial charge in [0.1, 0.15) is 0 Å². The topological polar surface area (TPSA) is 24.7 Å². The number of benzene rings is 2. The van der Waals surface area contributed by atoms with Gasteiger partial charge in [-0.25, -0.2) is 0 Å². The fourth-order valence-electron chi connectivity index (χ4n) is 1.59. The van der Waals surface area contributed by atoms with E-state index in [0.29, 0.717) is 10.3 Å². The molecule has 0 aromatic heterocycles. The Morgan fingerprint density at radius 2 is 1.60 bits per heavy atom. The third-order valence-corrected chi connectivity index (χ3v) is 3.73. The van der Waals surface area contributed by atoms with Crippen LogP contribution in [0.3, 0.4) is 0 Å². The molecule has 5 heteroatoms. The molecular formula is C15H11BrCl2N2. The zero-order valence-corrected chi connectivity index (χ0v) is 13.7. The smallest absolute Gasteiger partial charge is 0.136 e. The SMILES string of the molecule is Cc1ccc(Br)cc1C(Cl)=NN=C(Cl)c1ccccc1. The van der Waals surface area contributed by atoms with Crippen molar-refractivity contribution >= 4 is 49.5 Å². The maximum atomic E-state index is 6.18. The Kier molecular flexibility index (Phi) is 5.35. The lowest BCUT2D eigenvalue weighted by atomic mass is 10.1. The zero-order chi connectivity index (χ0) is 14.5. The van der Waals surface area contributed by atoms with Gasteiger partial charge in [0.25, 0.3) is 0 Å². The molecule has 0 saturated carbocycles. The fourth-order valence-corrected chi connectivity index (χ4v) is 2.36. The monoisotopic (exact) mass is 368 g/mol. The summed E-state index contributed by atoms with van der Waals surface area (Å²) in [5, 5.41) is 8.56. The van der Waals surface area contributed by atoms with Crippen molar-refractivity contribution in [2.24, 2.45) is 10.2 Å². The summed E-state index contributed by atoms with van der Waals surface area (Å²) in [4.78, 5) is 0. The van der Waals surface area contributed by atoms with E-state index < -0.39 is 0 Å². The summed E-state index contributed by atoms with van der Waals surface area (Å²) >= 11 is 15.7. The minimum atomic E-state index is 0.302. The van der Waals surface area contributed by atoms with Crippen molar-refractivity contribution in [2.75, 3.05) is 0 Å². The van der Waals surface area contributed by atoms with Crippen LogP contribution in [0, 0.1) is 6.92 Å². The molecule has 102 valence electrons. The largest absolute Gasteiger partial charge is 0.159 e. The van der Waals surface area contributed by atoms with Crippen LogP contribution in [0.1, 0.15) is 16.7 Å². The van der Waals surface area contributed by atoms with Crippen LogP contribution in [-0.2, 0) is 0 Å². The molecule has 2 nitrogen and oxygen atoms in total. The van der Waals surface area contributed by atoms with Crippen LogP contribution in [0.5, 0.6) is 0 Å². The first-order valence-electron chi connectivity index (χ1n) is 5.86. The maximum Gasteiger partial charge on any atom is 0.159 e. The van der Waals surface area contributed by atoms with E-state index in [1.54, 1.807) is 0 Å². The molecule has 2 aromatic carbocycles. The van der Waals surface area contributed by atoms with Gasteiger partial charge in [0.05, 0.1) is 0 Å². The molecule has 0 atom stereocenters. The van der Waals surface area contributed by atoms with E-state index in [9.17, 15) is 0 Å². The average molecular weight is 370 g/mol. The lowest BCUT2D eigenvalue weighted by Crippen LogP contribution is -1.96. The van der Waals surface area contributed by atoms with Gasteiger partial charge in [-0.2, -0.15) is 0 Å². The molecular weight excluding hydrogens is 359 g/mol. The maximum absolute atomic E-state index is 6.18. The molecule has 0 fully saturated rings. The van der Waals surface area contributed by atoms with Gasteiger partial charge in [0.15, 0.2) is 10.3 Å². The van der Waals surface area contributed by atoms with Crippen LogP contribution in [0.15, 0.2) is 63.2 Å². The van der Waals surface area contributed by atoms with Gasteiger partial charge in [-0.05, 0) is 24.6 Å². The molecule has 0 aliphatic carbocycles. The Bertz CT molecular complexity index is 667. The third kappa shape index (κ3) is 3.92. The lowest BCUT2D eigenvalue weighted by Gasteiger charge is -2.03. The second kappa shape index (κ2) is 7.02. The molecule has 0 N–H and O–H groups in total. The second-order valence-electron chi connectivity index (χ2n) is 4.11. The summed E-state index contributed by atoms with van der Waals surface area (Å²) < 4.78 is 0.935. The summed E-state index contributed by atoms with van der Waals surface area (Å²) in [5.74, 6) is 0. The van der Waals surface area contributed by atoms with Crippen molar-refractivity contribution < 1.29 is 0 Å². The highest BCUT2D eigenvalue weighted by Gasteiger charge is 2.05. The highest BCUT2D eigenvalue weighted by atomic mass is 79.9. The van der Waals surface area contributed by atoms with Crippen LogP contribution >= 0.6 is 39.1 Å². The van der Waals surface area contributed by atoms with E-state index in [-0.39, 0.29) is 0 Å². The van der Waals surface area contributed by atoms with Gasteiger partial charge < -0.3 is 0 Å². The normalized spacial score (nSPS) is 12.6. The lowest BCUT2D eigenvalue weighted by molar-refractivity contribution is 1.25. The molecule has 0 amide bonds. The van der Waals surface area contributed by atoms with E-state index >= 15 is 0 Å². The third-order valence-electron chi connectivity index (χ3n) is 2.66. The van der Waals surface area contributed by atoms with Crippen molar-refractivity contribution in [3.63, 3.8) is 0 Å². The molecule has 20 heavy (non-hydrogen) atoms. The number of hydrogen-bond donors (Lipinski definition) is 0. The average Bonchev–Trinajstić information content (AvgIpc) is 2.47. The Hall–Kier alpha value is -1.16. The Balaban J connectivity index is 2.29. The number of halogens is 3. The molecule has 2 aromatic rings. The number of aryl methyl sites for hydroxylation is 1. The van der Waals surface area contributed by atoms with Crippen molar-refractivity contribution in [2.45, 2.75) is 6.92 Å². The van der Waals surface area contributed by atoms with E-state index in [4.69, 9.17) is 23.2 Å². The fraction of sp³-hybridized carbons (Fsp3) is 0.0667. The molecule has 2 rings (SSSR count). The second-order valence-corrected chi connectivity index (χ2v) is 5.74. The number of nitrogens with zero attached hydrogens (tertiary/aromatic N) is 2. The first kappa shape index (κ1) is 15.2. The first-order chi connectivity index (χ1) is 9.58. The summed E-state index contributed by atoms with van der Waals surface area (Å²) in [7, 11) is 0. The van der Waals surface area contributed by atoms with Crippen LogP contribution in [-0.4, -0.2) is 10.3 Å². The van der Waals surface area contributed by atoms with Crippen molar-refractivity contribution in [1.82, 2.24) is 0 Å². The number of rotatable bonds is 3. The minimum Gasteiger partial charge on any atom is -0.136 e. The van der Waals surface area contributed by atoms with Crippen LogP contribution in [0.4, 0.5) is 0 Å². The summed E-state index contributed by atoms with van der Waals surface area (Å²) in [5.41, 5.74) is 2.64. The molecule has 0 saturated heterocycles. The Labute approximate surface area is 136 Å². The standard InChI is InChI=1S/C15H11BrCl2N2/c1-10-7-8-12(16)9-13(10)15(18)20-19-14(17)11-5-3-2-4-6-11/h2-9H,1H3. The minimum absolute atomic E-state index is 0.302. The predicted octanol–water partition coefficient (Wildman–Crippen LogP) is 5.34. The Morgan fingerprint density at radius 1 is 0.950 bits per heavy atom. The van der Waals surface area contributed by atoms with E-state index in [1.165, 1.54) is 0 Å². The van der Waals surface area contributed by atoms with Gasteiger partial charge in [-0.15, -0.1) is 10.2 Å². The van der Waals surface area contributed by atoms with Gasteiger partial charge >= 0.3 is 0 Å². The van der Waals surface area contributed by atoms with E-state index in [0.717, 1.165) is 21.2 Å². The molecule has 0 aliphatic rings. The van der Waals surface area contributed by atoms with Crippen molar-refractivity contribution in [3.05, 3.63) is 69.7 Å². The van der Waals surface area contributed by atoms with Crippen molar-refractivity contribution in [3.8, 4) is 0 Å². The van der Waals surface area contributed by atoms with Crippen LogP contribution in [0.25, 0.3) is 0 Å². The van der Waals surface area contributed by atoms with Crippen LogP contribution < -0.4 is 0 Å². The quantitative estimate of drug-likeness (QED) is 0.515. The molecule has 0 bridgehead atoms. The molecule has 0 unspecified atom stereocenters. The summed E-state index contributed by atoms with van der Waals surface area (Å²) in [6.45, 7) is 1.96.